The summed E-state index contributed by atoms with van der Waals surface area (Å²) in [5.41, 5.74) is 10.2. The molecule has 0 spiro atoms. The second-order valence-corrected chi connectivity index (χ2v) is 4.79. The number of carbonyl (C=O) groups is 1. The van der Waals surface area contributed by atoms with Gasteiger partial charge in [-0.3, -0.25) is 4.79 Å². The van der Waals surface area contributed by atoms with Crippen molar-refractivity contribution in [3.05, 3.63) is 64.7 Å². The first-order valence-corrected chi connectivity index (χ1v) is 6.57. The maximum atomic E-state index is 12.3. The average Bonchev–Trinajstić information content (AvgIpc) is 2.95. The maximum absolute atomic E-state index is 12.3. The zero-order valence-corrected chi connectivity index (χ0v) is 11.1. The van der Waals surface area contributed by atoms with Crippen molar-refractivity contribution < 1.29 is 9.53 Å². The molecule has 0 aromatic heterocycles. The van der Waals surface area contributed by atoms with Crippen molar-refractivity contribution in [2.75, 3.05) is 5.32 Å². The van der Waals surface area contributed by atoms with E-state index in [4.69, 9.17) is 10.5 Å². The van der Waals surface area contributed by atoms with Gasteiger partial charge in [0, 0.05) is 17.8 Å². The lowest BCUT2D eigenvalue weighted by Gasteiger charge is -2.10. The molecule has 0 atom stereocenters. The van der Waals surface area contributed by atoms with Crippen LogP contribution in [0.15, 0.2) is 42.5 Å². The molecule has 0 saturated heterocycles. The van der Waals surface area contributed by atoms with Gasteiger partial charge in [-0.05, 0) is 34.9 Å². The van der Waals surface area contributed by atoms with Crippen LogP contribution in [0.3, 0.4) is 0 Å². The standard InChI is InChI=1S/C16H16N2O2/c17-8-12-3-1-2-4-15(12)18-16(19)11-5-6-13-9-20-10-14(13)7-11/h1-7H,8-10,17H2,(H,18,19). The van der Waals surface area contributed by atoms with Crippen molar-refractivity contribution in [1.29, 1.82) is 0 Å². The summed E-state index contributed by atoms with van der Waals surface area (Å²) in [5.74, 6) is -0.124. The first-order valence-electron chi connectivity index (χ1n) is 6.57. The highest BCUT2D eigenvalue weighted by atomic mass is 16.5. The Morgan fingerprint density at radius 2 is 1.95 bits per heavy atom. The zero-order chi connectivity index (χ0) is 13.9. The van der Waals surface area contributed by atoms with Gasteiger partial charge in [0.25, 0.3) is 5.91 Å². The maximum Gasteiger partial charge on any atom is 0.255 e. The van der Waals surface area contributed by atoms with Crippen molar-refractivity contribution >= 4 is 11.6 Å². The first-order chi connectivity index (χ1) is 9.78. The molecule has 0 fully saturated rings. The molecule has 3 rings (SSSR count). The van der Waals surface area contributed by atoms with Gasteiger partial charge in [0.2, 0.25) is 0 Å². The van der Waals surface area contributed by atoms with E-state index in [0.29, 0.717) is 25.3 Å². The zero-order valence-electron chi connectivity index (χ0n) is 11.1. The number of hydrogen-bond acceptors (Lipinski definition) is 3. The number of nitrogens with two attached hydrogens (primary N) is 1. The largest absolute Gasteiger partial charge is 0.372 e. The number of para-hydroxylation sites is 1. The summed E-state index contributed by atoms with van der Waals surface area (Å²) in [6.07, 6.45) is 0. The summed E-state index contributed by atoms with van der Waals surface area (Å²) in [6.45, 7) is 1.61. The van der Waals surface area contributed by atoms with Gasteiger partial charge in [-0.1, -0.05) is 24.3 Å². The van der Waals surface area contributed by atoms with E-state index in [1.165, 1.54) is 0 Å². The number of amides is 1. The Morgan fingerprint density at radius 3 is 2.80 bits per heavy atom. The van der Waals surface area contributed by atoms with E-state index in [9.17, 15) is 4.79 Å². The van der Waals surface area contributed by atoms with Gasteiger partial charge in [0.1, 0.15) is 0 Å². The lowest BCUT2D eigenvalue weighted by Crippen LogP contribution is -2.14. The number of benzene rings is 2. The molecule has 0 bridgehead atoms. The number of anilines is 1. The molecule has 1 heterocycles. The van der Waals surface area contributed by atoms with Crippen LogP contribution in [0.2, 0.25) is 0 Å². The summed E-state index contributed by atoms with van der Waals surface area (Å²) in [6, 6.07) is 13.2. The second-order valence-electron chi connectivity index (χ2n) is 4.79. The third-order valence-electron chi connectivity index (χ3n) is 3.47. The van der Waals surface area contributed by atoms with Gasteiger partial charge in [0.05, 0.1) is 13.2 Å². The molecule has 102 valence electrons. The third kappa shape index (κ3) is 2.43. The molecule has 4 nitrogen and oxygen atoms in total. The van der Waals surface area contributed by atoms with E-state index in [1.807, 2.05) is 42.5 Å². The van der Waals surface area contributed by atoms with Gasteiger partial charge >= 0.3 is 0 Å². The summed E-state index contributed by atoms with van der Waals surface area (Å²) in [4.78, 5) is 12.3. The Labute approximate surface area is 117 Å². The molecule has 20 heavy (non-hydrogen) atoms. The Balaban J connectivity index is 1.83. The summed E-state index contributed by atoms with van der Waals surface area (Å²) in [5, 5.41) is 2.91. The monoisotopic (exact) mass is 268 g/mol. The van der Waals surface area contributed by atoms with Crippen LogP contribution in [0.25, 0.3) is 0 Å². The van der Waals surface area contributed by atoms with E-state index in [-0.39, 0.29) is 5.91 Å². The Morgan fingerprint density at radius 1 is 1.15 bits per heavy atom. The number of fused-ring (bicyclic) bond motifs is 1. The number of hydrogen-bond donors (Lipinski definition) is 2. The third-order valence-corrected chi connectivity index (χ3v) is 3.47. The molecule has 0 unspecified atom stereocenters. The lowest BCUT2D eigenvalue weighted by atomic mass is 10.1. The SMILES string of the molecule is NCc1ccccc1NC(=O)c1ccc2c(c1)COC2. The van der Waals surface area contributed by atoms with Gasteiger partial charge in [-0.15, -0.1) is 0 Å². The van der Waals surface area contributed by atoms with Crippen LogP contribution in [0.1, 0.15) is 27.0 Å². The molecule has 4 heteroatoms. The van der Waals surface area contributed by atoms with Gasteiger partial charge in [-0.25, -0.2) is 0 Å². The quantitative estimate of drug-likeness (QED) is 0.898. The number of rotatable bonds is 3. The summed E-state index contributed by atoms with van der Waals surface area (Å²) in [7, 11) is 0. The Kier molecular flexibility index (Phi) is 3.50. The molecule has 1 aliphatic rings. The van der Waals surface area contributed by atoms with Crippen LogP contribution in [-0.2, 0) is 24.5 Å². The van der Waals surface area contributed by atoms with Crippen LogP contribution < -0.4 is 11.1 Å². The van der Waals surface area contributed by atoms with Crippen LogP contribution in [0.4, 0.5) is 5.69 Å². The Hall–Kier alpha value is -2.17. The van der Waals surface area contributed by atoms with Gasteiger partial charge in [-0.2, -0.15) is 0 Å². The minimum absolute atomic E-state index is 0.124. The molecular formula is C16H16N2O2. The topological polar surface area (TPSA) is 64.3 Å². The van der Waals surface area contributed by atoms with Crippen LogP contribution in [-0.4, -0.2) is 5.91 Å². The molecule has 1 aliphatic heterocycles. The number of carbonyl (C=O) groups excluding carboxylic acids is 1. The normalized spacial score (nSPS) is 13.1. The Bertz CT molecular complexity index is 653. The molecular weight excluding hydrogens is 252 g/mol. The molecule has 2 aromatic rings. The predicted octanol–water partition coefficient (Wildman–Crippen LogP) is 2.43. The molecule has 0 aliphatic carbocycles. The van der Waals surface area contributed by atoms with Crippen molar-refractivity contribution in [3.63, 3.8) is 0 Å². The fraction of sp³-hybridized carbons (Fsp3) is 0.188. The molecule has 0 saturated carbocycles. The van der Waals surface area contributed by atoms with E-state index in [2.05, 4.69) is 5.32 Å². The van der Waals surface area contributed by atoms with Crippen molar-refractivity contribution in [2.24, 2.45) is 5.73 Å². The van der Waals surface area contributed by atoms with Crippen molar-refractivity contribution in [3.8, 4) is 0 Å². The molecule has 2 aromatic carbocycles. The highest BCUT2D eigenvalue weighted by molar-refractivity contribution is 6.04. The molecule has 3 N–H and O–H groups in total. The fourth-order valence-electron chi connectivity index (χ4n) is 2.33. The highest BCUT2D eigenvalue weighted by Crippen LogP contribution is 2.22. The van der Waals surface area contributed by atoms with E-state index in [1.54, 1.807) is 0 Å². The smallest absolute Gasteiger partial charge is 0.255 e. The van der Waals surface area contributed by atoms with E-state index >= 15 is 0 Å². The fourth-order valence-corrected chi connectivity index (χ4v) is 2.33. The summed E-state index contributed by atoms with van der Waals surface area (Å²) >= 11 is 0. The average molecular weight is 268 g/mol. The second kappa shape index (κ2) is 5.45. The van der Waals surface area contributed by atoms with Gasteiger partial charge < -0.3 is 15.8 Å². The highest BCUT2D eigenvalue weighted by Gasteiger charge is 2.14. The molecule has 1 amide bonds. The first kappa shape index (κ1) is 12.8. The predicted molar refractivity (Wildman–Crippen MR) is 77.2 cm³/mol. The van der Waals surface area contributed by atoms with Gasteiger partial charge in [0.15, 0.2) is 0 Å². The van der Waals surface area contributed by atoms with Crippen molar-refractivity contribution in [2.45, 2.75) is 19.8 Å². The van der Waals surface area contributed by atoms with Crippen LogP contribution in [0.5, 0.6) is 0 Å². The van der Waals surface area contributed by atoms with Crippen LogP contribution in [0, 0.1) is 0 Å². The minimum Gasteiger partial charge on any atom is -0.372 e. The van der Waals surface area contributed by atoms with Crippen molar-refractivity contribution in [1.82, 2.24) is 0 Å². The minimum atomic E-state index is -0.124. The lowest BCUT2D eigenvalue weighted by molar-refractivity contribution is 0.102. The van der Waals surface area contributed by atoms with E-state index in [0.717, 1.165) is 22.4 Å². The number of ether oxygens (including phenoxy) is 1. The van der Waals surface area contributed by atoms with Crippen LogP contribution >= 0.6 is 0 Å². The molecule has 0 radical (unpaired) electrons. The number of nitrogens with one attached hydrogen (secondary N) is 1. The van der Waals surface area contributed by atoms with E-state index < -0.39 is 0 Å². The summed E-state index contributed by atoms with van der Waals surface area (Å²) < 4.78 is 5.36.